The highest BCUT2D eigenvalue weighted by Crippen LogP contribution is 2.21. The molecule has 1 aliphatic heterocycles. The monoisotopic (exact) mass is 188 g/mol. The molecule has 3 rings (SSSR count). The summed E-state index contributed by atoms with van der Waals surface area (Å²) < 4.78 is 1.76. The summed E-state index contributed by atoms with van der Waals surface area (Å²) in [6, 6.07) is 1.84. The molecule has 0 aliphatic carbocycles. The van der Waals surface area contributed by atoms with Gasteiger partial charge in [-0.3, -0.25) is 4.79 Å². The maximum atomic E-state index is 11.5. The molecule has 5 heteroatoms. The van der Waals surface area contributed by atoms with E-state index in [1.165, 1.54) is 6.33 Å². The Morgan fingerprint density at radius 2 is 2.43 bits per heavy atom. The molecule has 0 saturated heterocycles. The van der Waals surface area contributed by atoms with Crippen LogP contribution >= 0.6 is 0 Å². The van der Waals surface area contributed by atoms with Crippen LogP contribution in [-0.2, 0) is 6.54 Å². The van der Waals surface area contributed by atoms with E-state index in [0.29, 0.717) is 12.1 Å². The summed E-state index contributed by atoms with van der Waals surface area (Å²) in [4.78, 5) is 15.6. The summed E-state index contributed by atoms with van der Waals surface area (Å²) in [5.41, 5.74) is 3.34. The van der Waals surface area contributed by atoms with Crippen molar-refractivity contribution in [2.45, 2.75) is 13.5 Å². The van der Waals surface area contributed by atoms with Gasteiger partial charge in [-0.2, -0.15) is 5.10 Å². The number of carbonyl (C=O) groups is 1. The van der Waals surface area contributed by atoms with Gasteiger partial charge in [-0.1, -0.05) is 0 Å². The molecule has 0 spiro atoms. The molecule has 3 heterocycles. The highest BCUT2D eigenvalue weighted by Gasteiger charge is 2.22. The minimum absolute atomic E-state index is 0.0436. The summed E-state index contributed by atoms with van der Waals surface area (Å²) in [6.45, 7) is 2.41. The van der Waals surface area contributed by atoms with Crippen LogP contribution in [0.2, 0.25) is 0 Å². The highest BCUT2D eigenvalue weighted by molar-refractivity contribution is 6.03. The lowest BCUT2D eigenvalue weighted by molar-refractivity contribution is 0.0948. The SMILES string of the molecule is Cc1cc2c3c(ncnn13)CNC2=O. The Kier molecular flexibility index (Phi) is 1.24. The van der Waals surface area contributed by atoms with E-state index in [2.05, 4.69) is 15.4 Å². The molecule has 0 bridgehead atoms. The van der Waals surface area contributed by atoms with Gasteiger partial charge in [0.2, 0.25) is 0 Å². The second-order valence-corrected chi connectivity index (χ2v) is 3.35. The van der Waals surface area contributed by atoms with Crippen LogP contribution in [0.3, 0.4) is 0 Å². The zero-order valence-electron chi connectivity index (χ0n) is 7.61. The van der Waals surface area contributed by atoms with Gasteiger partial charge < -0.3 is 5.32 Å². The fourth-order valence-corrected chi connectivity index (χ4v) is 1.83. The normalized spacial score (nSPS) is 14.5. The Hall–Kier alpha value is -1.91. The molecule has 0 radical (unpaired) electrons. The smallest absolute Gasteiger partial charge is 0.253 e. The van der Waals surface area contributed by atoms with Crippen molar-refractivity contribution in [3.63, 3.8) is 0 Å². The van der Waals surface area contributed by atoms with Crippen LogP contribution in [0.5, 0.6) is 0 Å². The van der Waals surface area contributed by atoms with E-state index in [1.54, 1.807) is 4.52 Å². The lowest BCUT2D eigenvalue weighted by atomic mass is 10.1. The number of hydrogen-bond donors (Lipinski definition) is 1. The molecule has 0 fully saturated rings. The minimum Gasteiger partial charge on any atom is -0.346 e. The van der Waals surface area contributed by atoms with Gasteiger partial charge >= 0.3 is 0 Å². The summed E-state index contributed by atoms with van der Waals surface area (Å²) in [5, 5.41) is 6.87. The van der Waals surface area contributed by atoms with E-state index < -0.39 is 0 Å². The first-order chi connectivity index (χ1) is 6.77. The zero-order valence-corrected chi connectivity index (χ0v) is 7.61. The Morgan fingerprint density at radius 1 is 1.57 bits per heavy atom. The lowest BCUT2D eigenvalue weighted by Gasteiger charge is -2.11. The van der Waals surface area contributed by atoms with Crippen molar-refractivity contribution in [1.29, 1.82) is 0 Å². The van der Waals surface area contributed by atoms with Gasteiger partial charge in [-0.05, 0) is 13.0 Å². The van der Waals surface area contributed by atoms with Crippen molar-refractivity contribution >= 4 is 11.4 Å². The van der Waals surface area contributed by atoms with E-state index in [-0.39, 0.29) is 5.91 Å². The van der Waals surface area contributed by atoms with Gasteiger partial charge in [-0.25, -0.2) is 9.50 Å². The quantitative estimate of drug-likeness (QED) is 0.646. The standard InChI is InChI=1S/C9H8N4O/c1-5-2-6-8-7(3-10-9(6)14)11-4-12-13(5)8/h2,4H,3H2,1H3,(H,10,14). The van der Waals surface area contributed by atoms with Crippen molar-refractivity contribution < 1.29 is 4.79 Å². The maximum Gasteiger partial charge on any atom is 0.253 e. The van der Waals surface area contributed by atoms with Crippen LogP contribution in [0.25, 0.3) is 5.52 Å². The molecule has 1 aliphatic rings. The molecule has 1 amide bonds. The van der Waals surface area contributed by atoms with Gasteiger partial charge in [0.05, 0.1) is 17.8 Å². The third-order valence-electron chi connectivity index (χ3n) is 2.47. The fourth-order valence-electron chi connectivity index (χ4n) is 1.83. The van der Waals surface area contributed by atoms with E-state index in [1.807, 2.05) is 13.0 Å². The third kappa shape index (κ3) is 0.761. The van der Waals surface area contributed by atoms with Gasteiger partial charge in [-0.15, -0.1) is 0 Å². The number of amides is 1. The average molecular weight is 188 g/mol. The first-order valence-electron chi connectivity index (χ1n) is 4.38. The molecular formula is C9H8N4O. The minimum atomic E-state index is -0.0436. The Morgan fingerprint density at radius 3 is 3.29 bits per heavy atom. The molecule has 14 heavy (non-hydrogen) atoms. The van der Waals surface area contributed by atoms with Crippen LogP contribution < -0.4 is 5.32 Å². The molecule has 70 valence electrons. The van der Waals surface area contributed by atoms with E-state index >= 15 is 0 Å². The summed E-state index contributed by atoms with van der Waals surface area (Å²) >= 11 is 0. The summed E-state index contributed by atoms with van der Waals surface area (Å²) in [6.07, 6.45) is 1.51. The Bertz CT molecular complexity index is 543. The largest absolute Gasteiger partial charge is 0.346 e. The summed E-state index contributed by atoms with van der Waals surface area (Å²) in [7, 11) is 0. The van der Waals surface area contributed by atoms with E-state index in [4.69, 9.17) is 0 Å². The molecule has 0 saturated carbocycles. The number of carbonyl (C=O) groups excluding carboxylic acids is 1. The number of rotatable bonds is 0. The molecule has 0 aromatic carbocycles. The number of aromatic nitrogens is 3. The lowest BCUT2D eigenvalue weighted by Crippen LogP contribution is -2.28. The van der Waals surface area contributed by atoms with Crippen molar-refractivity contribution in [2.24, 2.45) is 0 Å². The van der Waals surface area contributed by atoms with Crippen molar-refractivity contribution in [3.05, 3.63) is 29.3 Å². The van der Waals surface area contributed by atoms with Crippen molar-refractivity contribution in [1.82, 2.24) is 19.9 Å². The van der Waals surface area contributed by atoms with Crippen LogP contribution in [0.4, 0.5) is 0 Å². The number of nitrogens with zero attached hydrogens (tertiary/aromatic N) is 3. The van der Waals surface area contributed by atoms with Gasteiger partial charge in [0.15, 0.2) is 0 Å². The predicted octanol–water partition coefficient (Wildman–Crippen LogP) is 0.281. The predicted molar refractivity (Wildman–Crippen MR) is 48.9 cm³/mol. The zero-order chi connectivity index (χ0) is 9.71. The second-order valence-electron chi connectivity index (χ2n) is 3.35. The van der Waals surface area contributed by atoms with Crippen molar-refractivity contribution in [3.8, 4) is 0 Å². The average Bonchev–Trinajstić information content (AvgIpc) is 2.53. The molecule has 0 unspecified atom stereocenters. The van der Waals surface area contributed by atoms with Crippen molar-refractivity contribution in [2.75, 3.05) is 0 Å². The first-order valence-corrected chi connectivity index (χ1v) is 4.38. The Balaban J connectivity index is 2.53. The molecule has 5 nitrogen and oxygen atoms in total. The molecule has 2 aromatic heterocycles. The molecule has 1 N–H and O–H groups in total. The number of nitrogens with one attached hydrogen (secondary N) is 1. The maximum absolute atomic E-state index is 11.5. The fraction of sp³-hybridized carbons (Fsp3) is 0.222. The topological polar surface area (TPSA) is 59.3 Å². The van der Waals surface area contributed by atoms with Gasteiger partial charge in [0, 0.05) is 5.69 Å². The molecule has 0 atom stereocenters. The molecular weight excluding hydrogens is 180 g/mol. The van der Waals surface area contributed by atoms with Crippen LogP contribution in [0.15, 0.2) is 12.4 Å². The number of hydrogen-bond acceptors (Lipinski definition) is 3. The van der Waals surface area contributed by atoms with Gasteiger partial charge in [0.1, 0.15) is 11.8 Å². The number of aryl methyl sites for hydroxylation is 1. The van der Waals surface area contributed by atoms with Crippen LogP contribution in [-0.4, -0.2) is 20.5 Å². The summed E-state index contributed by atoms with van der Waals surface area (Å²) in [5.74, 6) is -0.0436. The molecule has 2 aromatic rings. The Labute approximate surface area is 79.8 Å². The second kappa shape index (κ2) is 2.31. The van der Waals surface area contributed by atoms with Gasteiger partial charge in [0.25, 0.3) is 5.91 Å². The van der Waals surface area contributed by atoms with Crippen LogP contribution in [0.1, 0.15) is 21.7 Å². The van der Waals surface area contributed by atoms with E-state index in [0.717, 1.165) is 16.9 Å². The van der Waals surface area contributed by atoms with E-state index in [9.17, 15) is 4.79 Å². The third-order valence-corrected chi connectivity index (χ3v) is 2.47. The highest BCUT2D eigenvalue weighted by atomic mass is 16.1. The van der Waals surface area contributed by atoms with Crippen LogP contribution in [0, 0.1) is 6.92 Å². The first kappa shape index (κ1) is 7.49.